The maximum Gasteiger partial charge on any atom is 0.119 e. The Hall–Kier alpha value is -2.14. The Morgan fingerprint density at radius 1 is 1.07 bits per heavy atom. The second-order valence-electron chi connectivity index (χ2n) is 7.83. The molecule has 4 heteroatoms. The van der Waals surface area contributed by atoms with Crippen molar-refractivity contribution in [1.82, 2.24) is 9.80 Å². The summed E-state index contributed by atoms with van der Waals surface area (Å²) >= 11 is 0. The Labute approximate surface area is 169 Å². The molecule has 28 heavy (non-hydrogen) atoms. The van der Waals surface area contributed by atoms with Crippen molar-refractivity contribution in [3.05, 3.63) is 77.4 Å². The highest BCUT2D eigenvalue weighted by atomic mass is 16.5. The summed E-state index contributed by atoms with van der Waals surface area (Å²) in [5, 5.41) is 10.3. The van der Waals surface area contributed by atoms with Crippen LogP contribution in [-0.2, 0) is 13.1 Å². The first kappa shape index (κ1) is 20.6. The van der Waals surface area contributed by atoms with E-state index in [-0.39, 0.29) is 0 Å². The number of aliphatic hydroxyl groups excluding tert-OH is 1. The molecule has 2 aromatic rings. The van der Waals surface area contributed by atoms with E-state index in [1.54, 1.807) is 0 Å². The number of hydrogen-bond acceptors (Lipinski definition) is 4. The third-order valence-corrected chi connectivity index (χ3v) is 5.11. The lowest BCUT2D eigenvalue weighted by atomic mass is 10.1. The monoisotopic (exact) mass is 380 g/mol. The minimum Gasteiger partial charge on any atom is -0.491 e. The van der Waals surface area contributed by atoms with Gasteiger partial charge in [-0.15, -0.1) is 0 Å². The van der Waals surface area contributed by atoms with Crippen LogP contribution in [0.1, 0.15) is 24.5 Å². The molecule has 1 N–H and O–H groups in total. The molecule has 0 bridgehead atoms. The zero-order valence-electron chi connectivity index (χ0n) is 17.1. The molecule has 0 fully saturated rings. The molecule has 1 atom stereocenters. The van der Waals surface area contributed by atoms with Gasteiger partial charge in [0.1, 0.15) is 18.5 Å². The van der Waals surface area contributed by atoms with Crippen LogP contribution in [0, 0.1) is 0 Å². The molecule has 1 aliphatic rings. The van der Waals surface area contributed by atoms with Crippen LogP contribution in [0.4, 0.5) is 0 Å². The van der Waals surface area contributed by atoms with E-state index in [4.69, 9.17) is 4.74 Å². The van der Waals surface area contributed by atoms with Gasteiger partial charge >= 0.3 is 0 Å². The quantitative estimate of drug-likeness (QED) is 0.673. The second-order valence-corrected chi connectivity index (χ2v) is 7.83. The average molecular weight is 381 g/mol. The highest BCUT2D eigenvalue weighted by Gasteiger charge is 2.11. The Balaban J connectivity index is 1.39. The summed E-state index contributed by atoms with van der Waals surface area (Å²) in [7, 11) is 2.02. The summed E-state index contributed by atoms with van der Waals surface area (Å²) in [5.74, 6) is 0.808. The van der Waals surface area contributed by atoms with Gasteiger partial charge in [0.2, 0.25) is 0 Å². The van der Waals surface area contributed by atoms with Gasteiger partial charge < -0.3 is 9.84 Å². The van der Waals surface area contributed by atoms with Crippen LogP contribution in [0.15, 0.2) is 66.2 Å². The lowest BCUT2D eigenvalue weighted by Crippen LogP contribution is -2.32. The first-order valence-corrected chi connectivity index (χ1v) is 10.1. The van der Waals surface area contributed by atoms with Crippen molar-refractivity contribution in [3.63, 3.8) is 0 Å². The van der Waals surface area contributed by atoms with Gasteiger partial charge in [0.25, 0.3) is 0 Å². The minimum absolute atomic E-state index is 0.300. The third-order valence-electron chi connectivity index (χ3n) is 5.11. The first-order valence-electron chi connectivity index (χ1n) is 10.1. The van der Waals surface area contributed by atoms with Gasteiger partial charge in [-0.3, -0.25) is 9.80 Å². The molecule has 0 radical (unpaired) electrons. The van der Waals surface area contributed by atoms with Crippen molar-refractivity contribution in [2.75, 3.05) is 33.3 Å². The van der Waals surface area contributed by atoms with Crippen molar-refractivity contribution in [3.8, 4) is 5.75 Å². The summed E-state index contributed by atoms with van der Waals surface area (Å²) in [6.45, 7) is 7.03. The van der Waals surface area contributed by atoms with Crippen molar-refractivity contribution >= 4 is 0 Å². The Kier molecular flexibility index (Phi) is 7.66. The fraction of sp³-hybridized carbons (Fsp3) is 0.417. The number of benzene rings is 2. The van der Waals surface area contributed by atoms with Crippen molar-refractivity contribution in [1.29, 1.82) is 0 Å². The average Bonchev–Trinajstić information content (AvgIpc) is 2.70. The Morgan fingerprint density at radius 3 is 2.50 bits per heavy atom. The largest absolute Gasteiger partial charge is 0.491 e. The maximum absolute atomic E-state index is 10.3. The molecule has 3 rings (SSSR count). The molecule has 0 unspecified atom stereocenters. The smallest absolute Gasteiger partial charge is 0.119 e. The molecular weight excluding hydrogens is 348 g/mol. The van der Waals surface area contributed by atoms with Crippen LogP contribution in [0.3, 0.4) is 0 Å². The fourth-order valence-corrected chi connectivity index (χ4v) is 3.47. The molecule has 0 aromatic heterocycles. The molecule has 0 saturated carbocycles. The van der Waals surface area contributed by atoms with E-state index < -0.39 is 6.10 Å². The third kappa shape index (κ3) is 6.79. The normalized spacial score (nSPS) is 16.1. The van der Waals surface area contributed by atoms with Gasteiger partial charge in [-0.05, 0) is 43.7 Å². The zero-order chi connectivity index (χ0) is 19.8. The number of likely N-dealkylation sites (N-methyl/N-ethyl adjacent to an activating group) is 1. The Morgan fingerprint density at radius 2 is 1.82 bits per heavy atom. The SMILES string of the molecule is CC1=CCN(Cc2ccc(OC[C@H](O)CN(C)Cc3ccccc3)cc2)CC1. The predicted octanol–water partition coefficient (Wildman–Crippen LogP) is 3.71. The summed E-state index contributed by atoms with van der Waals surface area (Å²) in [6.07, 6.45) is 2.96. The zero-order valence-corrected chi connectivity index (χ0v) is 17.1. The van der Waals surface area contributed by atoms with Gasteiger partial charge in [-0.2, -0.15) is 0 Å². The number of hydrogen-bond donors (Lipinski definition) is 1. The molecule has 4 nitrogen and oxygen atoms in total. The summed E-state index contributed by atoms with van der Waals surface area (Å²) in [6, 6.07) is 18.5. The first-order chi connectivity index (χ1) is 13.6. The summed E-state index contributed by atoms with van der Waals surface area (Å²) < 4.78 is 5.78. The van der Waals surface area contributed by atoms with E-state index in [0.717, 1.165) is 38.3 Å². The standard InChI is InChI=1S/C24H32N2O2/c1-20-12-14-26(15-13-20)17-22-8-10-24(11-9-22)28-19-23(27)18-25(2)16-21-6-4-3-5-7-21/h3-12,23,27H,13-19H2,1-2H3/t23-/m1/s1. The lowest BCUT2D eigenvalue weighted by Gasteiger charge is -2.25. The Bertz CT molecular complexity index is 743. The topological polar surface area (TPSA) is 35.9 Å². The van der Waals surface area contributed by atoms with E-state index in [2.05, 4.69) is 47.1 Å². The molecule has 150 valence electrons. The molecule has 0 spiro atoms. The van der Waals surface area contributed by atoms with E-state index in [0.29, 0.717) is 13.2 Å². The van der Waals surface area contributed by atoms with Gasteiger partial charge in [0.15, 0.2) is 0 Å². The van der Waals surface area contributed by atoms with Crippen LogP contribution in [-0.4, -0.2) is 54.3 Å². The van der Waals surface area contributed by atoms with Crippen molar-refractivity contribution in [2.24, 2.45) is 0 Å². The van der Waals surface area contributed by atoms with Crippen LogP contribution in [0.25, 0.3) is 0 Å². The van der Waals surface area contributed by atoms with Crippen molar-refractivity contribution < 1.29 is 9.84 Å². The number of aliphatic hydroxyl groups is 1. The molecule has 1 heterocycles. The molecule has 0 saturated heterocycles. The molecule has 0 aliphatic carbocycles. The van der Waals surface area contributed by atoms with Crippen LogP contribution < -0.4 is 4.74 Å². The van der Waals surface area contributed by atoms with Gasteiger partial charge in [-0.25, -0.2) is 0 Å². The van der Waals surface area contributed by atoms with Crippen LogP contribution in [0.5, 0.6) is 5.75 Å². The summed E-state index contributed by atoms with van der Waals surface area (Å²) in [4.78, 5) is 4.57. The van der Waals surface area contributed by atoms with E-state index in [1.165, 1.54) is 16.7 Å². The van der Waals surface area contributed by atoms with Crippen LogP contribution >= 0.6 is 0 Å². The predicted molar refractivity (Wildman–Crippen MR) is 114 cm³/mol. The molecule has 0 amide bonds. The molecule has 1 aliphatic heterocycles. The second kappa shape index (κ2) is 10.4. The molecule has 2 aromatic carbocycles. The fourth-order valence-electron chi connectivity index (χ4n) is 3.47. The van der Waals surface area contributed by atoms with E-state index >= 15 is 0 Å². The minimum atomic E-state index is -0.517. The maximum atomic E-state index is 10.3. The van der Waals surface area contributed by atoms with Crippen LogP contribution in [0.2, 0.25) is 0 Å². The van der Waals surface area contributed by atoms with Gasteiger partial charge in [-0.1, -0.05) is 54.1 Å². The molecular formula is C24H32N2O2. The lowest BCUT2D eigenvalue weighted by molar-refractivity contribution is 0.0744. The van der Waals surface area contributed by atoms with E-state index in [1.807, 2.05) is 37.4 Å². The van der Waals surface area contributed by atoms with Gasteiger partial charge in [0.05, 0.1) is 0 Å². The highest BCUT2D eigenvalue weighted by Crippen LogP contribution is 2.17. The summed E-state index contributed by atoms with van der Waals surface area (Å²) in [5.41, 5.74) is 4.03. The number of rotatable bonds is 9. The van der Waals surface area contributed by atoms with Crippen molar-refractivity contribution in [2.45, 2.75) is 32.5 Å². The van der Waals surface area contributed by atoms with E-state index in [9.17, 15) is 5.11 Å². The number of ether oxygens (including phenoxy) is 1. The number of nitrogens with zero attached hydrogens (tertiary/aromatic N) is 2. The van der Waals surface area contributed by atoms with Gasteiger partial charge in [0, 0.05) is 32.7 Å². The highest BCUT2D eigenvalue weighted by molar-refractivity contribution is 5.27.